The highest BCUT2D eigenvalue weighted by Gasteiger charge is 2.27. The van der Waals surface area contributed by atoms with Crippen LogP contribution in [0.1, 0.15) is 33.6 Å². The average Bonchev–Trinajstić information content (AvgIpc) is 2.56. The molecule has 0 aromatic heterocycles. The predicted molar refractivity (Wildman–Crippen MR) is 95.1 cm³/mol. The van der Waals surface area contributed by atoms with Crippen LogP contribution in [0, 0.1) is 0 Å². The molecule has 0 aliphatic carbocycles. The van der Waals surface area contributed by atoms with E-state index in [1.807, 2.05) is 0 Å². The molecule has 2 aliphatic rings. The SMILES string of the molecule is CCOCCN1CCC(N2CCN(CCOC(C)C)CC2)CC1. The zero-order valence-electron chi connectivity index (χ0n) is 15.5. The monoisotopic (exact) mass is 327 g/mol. The van der Waals surface area contributed by atoms with Gasteiger partial charge in [0.25, 0.3) is 0 Å². The molecule has 0 amide bonds. The van der Waals surface area contributed by atoms with E-state index < -0.39 is 0 Å². The fraction of sp³-hybridized carbons (Fsp3) is 1.00. The zero-order chi connectivity index (χ0) is 16.5. The molecule has 5 heteroatoms. The first kappa shape index (κ1) is 19.1. The molecule has 2 rings (SSSR count). The van der Waals surface area contributed by atoms with Crippen molar-refractivity contribution >= 4 is 0 Å². The van der Waals surface area contributed by atoms with Gasteiger partial charge in [-0.2, -0.15) is 0 Å². The Morgan fingerprint density at radius 3 is 2.09 bits per heavy atom. The lowest BCUT2D eigenvalue weighted by Crippen LogP contribution is -2.53. The lowest BCUT2D eigenvalue weighted by Gasteiger charge is -2.42. The van der Waals surface area contributed by atoms with Gasteiger partial charge >= 0.3 is 0 Å². The molecule has 0 N–H and O–H groups in total. The van der Waals surface area contributed by atoms with Crippen LogP contribution in [-0.2, 0) is 9.47 Å². The van der Waals surface area contributed by atoms with E-state index in [0.717, 1.165) is 39.0 Å². The Hall–Kier alpha value is -0.200. The van der Waals surface area contributed by atoms with E-state index in [-0.39, 0.29) is 0 Å². The molecule has 0 saturated carbocycles. The highest BCUT2D eigenvalue weighted by molar-refractivity contribution is 4.83. The van der Waals surface area contributed by atoms with Crippen LogP contribution in [0.15, 0.2) is 0 Å². The molecular weight excluding hydrogens is 290 g/mol. The van der Waals surface area contributed by atoms with E-state index in [1.165, 1.54) is 52.1 Å². The van der Waals surface area contributed by atoms with E-state index >= 15 is 0 Å². The van der Waals surface area contributed by atoms with Crippen molar-refractivity contribution in [2.24, 2.45) is 0 Å². The maximum atomic E-state index is 5.67. The molecule has 0 aromatic rings. The van der Waals surface area contributed by atoms with Crippen molar-refractivity contribution in [3.63, 3.8) is 0 Å². The second kappa shape index (κ2) is 10.6. The molecule has 5 nitrogen and oxygen atoms in total. The third-order valence-electron chi connectivity index (χ3n) is 5.10. The summed E-state index contributed by atoms with van der Waals surface area (Å²) in [7, 11) is 0. The van der Waals surface area contributed by atoms with Crippen LogP contribution in [0.4, 0.5) is 0 Å². The van der Waals surface area contributed by atoms with Crippen LogP contribution >= 0.6 is 0 Å². The Labute approximate surface area is 142 Å². The Bertz CT molecular complexity index is 299. The van der Waals surface area contributed by atoms with Gasteiger partial charge in [0.15, 0.2) is 0 Å². The first-order chi connectivity index (χ1) is 11.2. The Morgan fingerprint density at radius 1 is 0.870 bits per heavy atom. The molecule has 23 heavy (non-hydrogen) atoms. The van der Waals surface area contributed by atoms with Gasteiger partial charge in [-0.3, -0.25) is 9.80 Å². The molecule has 2 aliphatic heterocycles. The largest absolute Gasteiger partial charge is 0.380 e. The molecule has 0 spiro atoms. The van der Waals surface area contributed by atoms with Crippen molar-refractivity contribution in [3.05, 3.63) is 0 Å². The first-order valence-electron chi connectivity index (χ1n) is 9.57. The summed E-state index contributed by atoms with van der Waals surface area (Å²) >= 11 is 0. The Morgan fingerprint density at radius 2 is 1.48 bits per heavy atom. The smallest absolute Gasteiger partial charge is 0.0596 e. The molecule has 136 valence electrons. The molecule has 2 fully saturated rings. The number of hydrogen-bond acceptors (Lipinski definition) is 5. The van der Waals surface area contributed by atoms with Crippen molar-refractivity contribution in [1.29, 1.82) is 0 Å². The van der Waals surface area contributed by atoms with Gasteiger partial charge in [0.2, 0.25) is 0 Å². The number of nitrogens with zero attached hydrogens (tertiary/aromatic N) is 3. The van der Waals surface area contributed by atoms with Gasteiger partial charge in [0, 0.05) is 51.9 Å². The molecule has 2 heterocycles. The van der Waals surface area contributed by atoms with Gasteiger partial charge in [-0.1, -0.05) is 0 Å². The summed E-state index contributed by atoms with van der Waals surface area (Å²) in [6.45, 7) is 18.4. The van der Waals surface area contributed by atoms with Crippen LogP contribution in [0.3, 0.4) is 0 Å². The van der Waals surface area contributed by atoms with E-state index in [2.05, 4.69) is 35.5 Å². The first-order valence-corrected chi connectivity index (χ1v) is 9.57. The molecule has 0 aromatic carbocycles. The van der Waals surface area contributed by atoms with Crippen molar-refractivity contribution < 1.29 is 9.47 Å². The molecule has 0 radical (unpaired) electrons. The standard InChI is InChI=1S/C18H37N3O2/c1-4-22-15-13-19-7-5-18(6-8-19)21-11-9-20(10-12-21)14-16-23-17(2)3/h17-18H,4-16H2,1-3H3. The normalized spacial score (nSPS) is 23.0. The summed E-state index contributed by atoms with van der Waals surface area (Å²) in [5, 5.41) is 0. The van der Waals surface area contributed by atoms with Crippen LogP contribution in [0.25, 0.3) is 0 Å². The maximum Gasteiger partial charge on any atom is 0.0596 e. The van der Waals surface area contributed by atoms with Gasteiger partial charge in [-0.25, -0.2) is 0 Å². The molecule has 2 saturated heterocycles. The second-order valence-corrected chi connectivity index (χ2v) is 7.07. The van der Waals surface area contributed by atoms with E-state index in [4.69, 9.17) is 9.47 Å². The summed E-state index contributed by atoms with van der Waals surface area (Å²) in [6.07, 6.45) is 3.00. The topological polar surface area (TPSA) is 28.2 Å². The van der Waals surface area contributed by atoms with Gasteiger partial charge in [0.05, 0.1) is 19.3 Å². The van der Waals surface area contributed by atoms with Crippen molar-refractivity contribution in [2.75, 3.05) is 72.2 Å². The number of likely N-dealkylation sites (tertiary alicyclic amines) is 1. The Balaban J connectivity index is 1.57. The number of piperazine rings is 1. The quantitative estimate of drug-likeness (QED) is 0.599. The minimum absolute atomic E-state index is 0.351. The fourth-order valence-corrected chi connectivity index (χ4v) is 3.62. The van der Waals surface area contributed by atoms with Crippen LogP contribution in [-0.4, -0.2) is 99.0 Å². The van der Waals surface area contributed by atoms with Crippen LogP contribution < -0.4 is 0 Å². The van der Waals surface area contributed by atoms with Crippen LogP contribution in [0.2, 0.25) is 0 Å². The minimum Gasteiger partial charge on any atom is -0.380 e. The zero-order valence-corrected chi connectivity index (χ0v) is 15.5. The van der Waals surface area contributed by atoms with Gasteiger partial charge < -0.3 is 14.4 Å². The van der Waals surface area contributed by atoms with Gasteiger partial charge in [0.1, 0.15) is 0 Å². The number of hydrogen-bond donors (Lipinski definition) is 0. The van der Waals surface area contributed by atoms with E-state index in [0.29, 0.717) is 6.10 Å². The number of rotatable bonds is 9. The fourth-order valence-electron chi connectivity index (χ4n) is 3.62. The minimum atomic E-state index is 0.351. The second-order valence-electron chi connectivity index (χ2n) is 7.07. The molecule has 0 unspecified atom stereocenters. The highest BCUT2D eigenvalue weighted by atomic mass is 16.5. The van der Waals surface area contributed by atoms with E-state index in [1.54, 1.807) is 0 Å². The number of ether oxygens (including phenoxy) is 2. The van der Waals surface area contributed by atoms with Crippen molar-refractivity contribution in [2.45, 2.75) is 45.8 Å². The van der Waals surface area contributed by atoms with Gasteiger partial charge in [-0.05, 0) is 46.7 Å². The molecule has 0 bridgehead atoms. The Kier molecular flexibility index (Phi) is 8.83. The van der Waals surface area contributed by atoms with Crippen molar-refractivity contribution in [3.8, 4) is 0 Å². The highest BCUT2D eigenvalue weighted by Crippen LogP contribution is 2.18. The molecule has 0 atom stereocenters. The van der Waals surface area contributed by atoms with Gasteiger partial charge in [-0.15, -0.1) is 0 Å². The predicted octanol–water partition coefficient (Wildman–Crippen LogP) is 1.53. The lowest BCUT2D eigenvalue weighted by molar-refractivity contribution is 0.0247. The summed E-state index contributed by atoms with van der Waals surface area (Å²) in [5.74, 6) is 0. The summed E-state index contributed by atoms with van der Waals surface area (Å²) in [4.78, 5) is 7.83. The average molecular weight is 328 g/mol. The molecular formula is C18H37N3O2. The third kappa shape index (κ3) is 7.06. The summed E-state index contributed by atoms with van der Waals surface area (Å²) < 4.78 is 11.1. The van der Waals surface area contributed by atoms with Crippen molar-refractivity contribution in [1.82, 2.24) is 14.7 Å². The third-order valence-corrected chi connectivity index (χ3v) is 5.10. The summed E-state index contributed by atoms with van der Waals surface area (Å²) in [5.41, 5.74) is 0. The van der Waals surface area contributed by atoms with E-state index in [9.17, 15) is 0 Å². The summed E-state index contributed by atoms with van der Waals surface area (Å²) in [6, 6.07) is 0.799. The number of piperidine rings is 1. The van der Waals surface area contributed by atoms with Crippen LogP contribution in [0.5, 0.6) is 0 Å². The maximum absolute atomic E-state index is 5.67. The lowest BCUT2D eigenvalue weighted by atomic mass is 10.0.